The van der Waals surface area contributed by atoms with Gasteiger partial charge in [0.05, 0.1) is 17.5 Å². The number of alkyl halides is 3. The molecule has 0 aliphatic carbocycles. The standard InChI is InChI=1S/C19H13F4N5O4S2/c1-27-15-14(16(30)28(2)18(27)31)12(34-26-15)6-13(29)25-17-24-10(7-33-17)8-3-4-11(9(20)5-8)32-19(21,22)23/h3-5,7H,6H2,1-2H3,(H,24,25,29). The van der Waals surface area contributed by atoms with Gasteiger partial charge >= 0.3 is 12.1 Å². The molecule has 1 aromatic carbocycles. The van der Waals surface area contributed by atoms with E-state index in [-0.39, 0.29) is 33.8 Å². The zero-order valence-corrected chi connectivity index (χ0v) is 18.9. The number of hydrogen-bond donors (Lipinski definition) is 1. The van der Waals surface area contributed by atoms with Crippen LogP contribution in [0.4, 0.5) is 22.7 Å². The molecule has 0 atom stereocenters. The van der Waals surface area contributed by atoms with Crippen LogP contribution in [0.1, 0.15) is 4.88 Å². The van der Waals surface area contributed by atoms with Gasteiger partial charge in [-0.05, 0) is 29.7 Å². The van der Waals surface area contributed by atoms with Gasteiger partial charge in [0.25, 0.3) is 5.56 Å². The Morgan fingerprint density at radius 3 is 2.62 bits per heavy atom. The van der Waals surface area contributed by atoms with Crippen LogP contribution in [0.25, 0.3) is 22.3 Å². The van der Waals surface area contributed by atoms with Gasteiger partial charge in [-0.2, -0.15) is 4.37 Å². The first-order valence-electron chi connectivity index (χ1n) is 9.30. The number of nitrogens with zero attached hydrogens (tertiary/aromatic N) is 4. The smallest absolute Gasteiger partial charge is 0.403 e. The second-order valence-electron chi connectivity index (χ2n) is 6.97. The Balaban J connectivity index is 1.51. The summed E-state index contributed by atoms with van der Waals surface area (Å²) in [4.78, 5) is 41.5. The molecular formula is C19H13F4N5O4S2. The van der Waals surface area contributed by atoms with Crippen LogP contribution >= 0.6 is 22.9 Å². The minimum absolute atomic E-state index is 0.158. The summed E-state index contributed by atoms with van der Waals surface area (Å²) in [5.74, 6) is -2.70. The van der Waals surface area contributed by atoms with Gasteiger partial charge in [0.2, 0.25) is 5.91 Å². The highest BCUT2D eigenvalue weighted by Gasteiger charge is 2.32. The zero-order valence-electron chi connectivity index (χ0n) is 17.3. The summed E-state index contributed by atoms with van der Waals surface area (Å²) >= 11 is 1.94. The predicted octanol–water partition coefficient (Wildman–Crippen LogP) is 3.04. The Bertz CT molecular complexity index is 1540. The van der Waals surface area contributed by atoms with Crippen LogP contribution in [0.5, 0.6) is 5.75 Å². The molecule has 0 fully saturated rings. The molecule has 0 aliphatic heterocycles. The average Bonchev–Trinajstić information content (AvgIpc) is 3.38. The molecule has 4 aromatic rings. The Morgan fingerprint density at radius 1 is 1.21 bits per heavy atom. The summed E-state index contributed by atoms with van der Waals surface area (Å²) in [7, 11) is 2.79. The topological polar surface area (TPSA) is 108 Å². The monoisotopic (exact) mass is 515 g/mol. The summed E-state index contributed by atoms with van der Waals surface area (Å²) in [5, 5.41) is 4.37. The van der Waals surface area contributed by atoms with Crippen molar-refractivity contribution in [3.05, 3.63) is 55.1 Å². The number of ether oxygens (including phenoxy) is 1. The first-order valence-corrected chi connectivity index (χ1v) is 10.9. The number of anilines is 1. The van der Waals surface area contributed by atoms with E-state index < -0.39 is 35.1 Å². The number of rotatable bonds is 5. The highest BCUT2D eigenvalue weighted by Crippen LogP contribution is 2.31. The number of carbonyl (C=O) groups is 1. The van der Waals surface area contributed by atoms with Gasteiger partial charge in [0.15, 0.2) is 22.3 Å². The maximum Gasteiger partial charge on any atom is 0.573 e. The number of aromatic nitrogens is 4. The van der Waals surface area contributed by atoms with E-state index in [0.29, 0.717) is 4.88 Å². The second kappa shape index (κ2) is 8.64. The van der Waals surface area contributed by atoms with E-state index >= 15 is 0 Å². The Hall–Kier alpha value is -3.59. The SMILES string of the molecule is Cn1c(=O)c2c(CC(=O)Nc3nc(-c4ccc(OC(F)(F)F)c(F)c4)cs3)snc2n(C)c1=O. The molecule has 1 N–H and O–H groups in total. The van der Waals surface area contributed by atoms with Gasteiger partial charge < -0.3 is 10.1 Å². The molecular weight excluding hydrogens is 502 g/mol. The lowest BCUT2D eigenvalue weighted by Crippen LogP contribution is -2.37. The molecule has 15 heteroatoms. The molecule has 0 radical (unpaired) electrons. The van der Waals surface area contributed by atoms with Crippen molar-refractivity contribution in [1.29, 1.82) is 0 Å². The Labute approximate surface area is 195 Å². The molecule has 0 saturated heterocycles. The van der Waals surface area contributed by atoms with Crippen LogP contribution in [0, 0.1) is 5.82 Å². The molecule has 0 saturated carbocycles. The highest BCUT2D eigenvalue weighted by atomic mass is 32.1. The van der Waals surface area contributed by atoms with Crippen molar-refractivity contribution >= 4 is 44.9 Å². The van der Waals surface area contributed by atoms with Crippen molar-refractivity contribution in [3.63, 3.8) is 0 Å². The lowest BCUT2D eigenvalue weighted by atomic mass is 10.1. The summed E-state index contributed by atoms with van der Waals surface area (Å²) in [6, 6.07) is 2.87. The number of halogens is 4. The van der Waals surface area contributed by atoms with Gasteiger partial charge in [-0.1, -0.05) is 0 Å². The van der Waals surface area contributed by atoms with E-state index in [1.165, 1.54) is 30.1 Å². The molecule has 178 valence electrons. The van der Waals surface area contributed by atoms with E-state index in [2.05, 4.69) is 19.4 Å². The van der Waals surface area contributed by atoms with E-state index in [0.717, 1.165) is 39.6 Å². The van der Waals surface area contributed by atoms with Gasteiger partial charge in [0, 0.05) is 29.9 Å². The van der Waals surface area contributed by atoms with Crippen LogP contribution in [0.3, 0.4) is 0 Å². The van der Waals surface area contributed by atoms with Gasteiger partial charge in [-0.15, -0.1) is 24.5 Å². The Morgan fingerprint density at radius 2 is 1.94 bits per heavy atom. The fraction of sp³-hybridized carbons (Fsp3) is 0.211. The van der Waals surface area contributed by atoms with Crippen LogP contribution in [-0.4, -0.2) is 30.8 Å². The van der Waals surface area contributed by atoms with Crippen molar-refractivity contribution in [2.24, 2.45) is 14.1 Å². The van der Waals surface area contributed by atoms with Gasteiger partial charge in [-0.25, -0.2) is 14.2 Å². The number of benzene rings is 1. The van der Waals surface area contributed by atoms with Crippen molar-refractivity contribution in [2.75, 3.05) is 5.32 Å². The minimum atomic E-state index is -5.03. The quantitative estimate of drug-likeness (QED) is 0.410. The largest absolute Gasteiger partial charge is 0.573 e. The first-order chi connectivity index (χ1) is 15.9. The molecule has 9 nitrogen and oxygen atoms in total. The highest BCUT2D eigenvalue weighted by molar-refractivity contribution is 7.14. The second-order valence-corrected chi connectivity index (χ2v) is 8.68. The van der Waals surface area contributed by atoms with E-state index in [4.69, 9.17) is 0 Å². The first kappa shape index (κ1) is 23.6. The number of nitrogens with one attached hydrogen (secondary N) is 1. The zero-order chi connectivity index (χ0) is 24.8. The summed E-state index contributed by atoms with van der Waals surface area (Å²) in [5.41, 5.74) is -0.515. The maximum absolute atomic E-state index is 14.0. The number of thiazole rings is 1. The number of aryl methyl sites for hydroxylation is 1. The van der Waals surface area contributed by atoms with E-state index in [9.17, 15) is 31.9 Å². The van der Waals surface area contributed by atoms with Crippen LogP contribution < -0.4 is 21.3 Å². The van der Waals surface area contributed by atoms with E-state index in [1.54, 1.807) is 0 Å². The van der Waals surface area contributed by atoms with Crippen LogP contribution in [0.15, 0.2) is 33.2 Å². The van der Waals surface area contributed by atoms with Crippen molar-refractivity contribution in [1.82, 2.24) is 18.5 Å². The molecule has 0 aliphatic rings. The molecule has 1 amide bonds. The lowest BCUT2D eigenvalue weighted by molar-refractivity contribution is -0.275. The summed E-state index contributed by atoms with van der Waals surface area (Å²) < 4.78 is 60.7. The van der Waals surface area contributed by atoms with Gasteiger partial charge in [-0.3, -0.25) is 18.7 Å². The number of fused-ring (bicyclic) bond motifs is 1. The molecule has 3 heterocycles. The van der Waals surface area contributed by atoms with Crippen molar-refractivity contribution < 1.29 is 27.1 Å². The molecule has 0 spiro atoms. The molecule has 0 bridgehead atoms. The fourth-order valence-electron chi connectivity index (χ4n) is 3.09. The van der Waals surface area contributed by atoms with Crippen LogP contribution in [-0.2, 0) is 25.3 Å². The van der Waals surface area contributed by atoms with E-state index in [1.807, 2.05) is 0 Å². The van der Waals surface area contributed by atoms with Crippen molar-refractivity contribution in [3.8, 4) is 17.0 Å². The third-order valence-corrected chi connectivity index (χ3v) is 6.27. The number of carbonyl (C=O) groups excluding carboxylic acids is 1. The maximum atomic E-state index is 14.0. The van der Waals surface area contributed by atoms with Crippen LogP contribution in [0.2, 0.25) is 0 Å². The molecule has 3 aromatic heterocycles. The molecule has 0 unspecified atom stereocenters. The fourth-order valence-corrected chi connectivity index (χ4v) is 4.70. The predicted molar refractivity (Wildman–Crippen MR) is 117 cm³/mol. The number of amides is 1. The third-order valence-electron chi connectivity index (χ3n) is 4.68. The normalized spacial score (nSPS) is 11.7. The molecule has 4 rings (SSSR count). The number of hydrogen-bond acceptors (Lipinski definition) is 8. The average molecular weight is 515 g/mol. The third kappa shape index (κ3) is 4.56. The lowest BCUT2D eigenvalue weighted by Gasteiger charge is -2.10. The molecule has 34 heavy (non-hydrogen) atoms. The van der Waals surface area contributed by atoms with Crippen molar-refractivity contribution in [2.45, 2.75) is 12.8 Å². The Kier molecular flexibility index (Phi) is 5.99. The minimum Gasteiger partial charge on any atom is -0.403 e. The summed E-state index contributed by atoms with van der Waals surface area (Å²) in [6.07, 6.45) is -5.23. The summed E-state index contributed by atoms with van der Waals surface area (Å²) in [6.45, 7) is 0. The van der Waals surface area contributed by atoms with Gasteiger partial charge in [0.1, 0.15) is 0 Å².